The highest BCUT2D eigenvalue weighted by molar-refractivity contribution is 6.29. The van der Waals surface area contributed by atoms with Crippen molar-refractivity contribution in [2.45, 2.75) is 26.3 Å². The van der Waals surface area contributed by atoms with Crippen molar-refractivity contribution < 1.29 is 9.47 Å². The summed E-state index contributed by atoms with van der Waals surface area (Å²) in [7, 11) is 1.68. The highest BCUT2D eigenvalue weighted by Crippen LogP contribution is 2.51. The van der Waals surface area contributed by atoms with Gasteiger partial charge in [0.25, 0.3) is 0 Å². The number of fused-ring (bicyclic) bond motifs is 5. The van der Waals surface area contributed by atoms with Crippen LogP contribution in [0.4, 0.5) is 5.69 Å². The molecule has 0 radical (unpaired) electrons. The average Bonchev–Trinajstić information content (AvgIpc) is 2.72. The molecule has 1 N–H and O–H groups in total. The van der Waals surface area contributed by atoms with Gasteiger partial charge in [-0.2, -0.15) is 0 Å². The molecule has 0 saturated carbocycles. The van der Waals surface area contributed by atoms with Gasteiger partial charge in [-0.3, -0.25) is 0 Å². The summed E-state index contributed by atoms with van der Waals surface area (Å²) in [4.78, 5) is 4.44. The van der Waals surface area contributed by atoms with Crippen LogP contribution < -0.4 is 14.8 Å². The zero-order valence-electron chi connectivity index (χ0n) is 17.9. The van der Waals surface area contributed by atoms with Gasteiger partial charge in [-0.25, -0.2) is 4.98 Å². The predicted molar refractivity (Wildman–Crippen MR) is 128 cm³/mol. The normalized spacial score (nSPS) is 16.9. The number of ether oxygens (including phenoxy) is 2. The molecular formula is C26H23ClN2O2. The fraction of sp³-hybridized carbons (Fsp3) is 0.192. The molecule has 2 aliphatic heterocycles. The lowest BCUT2D eigenvalue weighted by Gasteiger charge is -2.35. The Labute approximate surface area is 187 Å². The fourth-order valence-corrected chi connectivity index (χ4v) is 4.69. The van der Waals surface area contributed by atoms with Gasteiger partial charge in [-0.05, 0) is 56.7 Å². The Bertz CT molecular complexity index is 1270. The summed E-state index contributed by atoms with van der Waals surface area (Å²) in [6, 6.07) is 15.7. The highest BCUT2D eigenvalue weighted by atomic mass is 35.5. The van der Waals surface area contributed by atoms with Crippen molar-refractivity contribution in [2.24, 2.45) is 0 Å². The van der Waals surface area contributed by atoms with Gasteiger partial charge in [0.2, 0.25) is 0 Å². The molecule has 2 aliphatic rings. The maximum absolute atomic E-state index is 6.45. The molecule has 1 aromatic heterocycles. The Hall–Kier alpha value is -3.24. The summed E-state index contributed by atoms with van der Waals surface area (Å²) in [5.41, 5.74) is 7.06. The molecular weight excluding hydrogens is 408 g/mol. The molecule has 4 nitrogen and oxygen atoms in total. The Morgan fingerprint density at radius 2 is 1.84 bits per heavy atom. The zero-order chi connectivity index (χ0) is 21.8. The Kier molecular flexibility index (Phi) is 4.56. The summed E-state index contributed by atoms with van der Waals surface area (Å²) >= 11 is 6.14. The molecule has 5 heteroatoms. The highest BCUT2D eigenvalue weighted by Gasteiger charge is 2.32. The van der Waals surface area contributed by atoms with E-state index in [4.69, 9.17) is 21.1 Å². The van der Waals surface area contributed by atoms with Crippen LogP contribution in [0.3, 0.4) is 0 Å². The number of allylic oxidation sites excluding steroid dienone is 1. The first-order chi connectivity index (χ1) is 14.9. The molecule has 0 spiro atoms. The van der Waals surface area contributed by atoms with Crippen LogP contribution >= 0.6 is 11.6 Å². The number of anilines is 1. The lowest BCUT2D eigenvalue weighted by atomic mass is 9.83. The lowest BCUT2D eigenvalue weighted by Crippen LogP contribution is -2.32. The molecule has 0 bridgehead atoms. The SMILES string of the molecule is COc1cccc2c1-c1ccc3c(c1/C(=C/c1cccc(Cl)n1)O2)C(C)=CC(C)(C)N3. The number of methoxy groups -OCH3 is 1. The van der Waals surface area contributed by atoms with Gasteiger partial charge in [0, 0.05) is 28.5 Å². The monoisotopic (exact) mass is 430 g/mol. The van der Waals surface area contributed by atoms with E-state index in [-0.39, 0.29) is 5.54 Å². The van der Waals surface area contributed by atoms with E-state index in [1.54, 1.807) is 13.2 Å². The molecule has 0 atom stereocenters. The van der Waals surface area contributed by atoms with E-state index in [1.807, 2.05) is 36.4 Å². The summed E-state index contributed by atoms with van der Waals surface area (Å²) < 4.78 is 12.1. The van der Waals surface area contributed by atoms with Crippen molar-refractivity contribution in [1.82, 2.24) is 4.98 Å². The van der Waals surface area contributed by atoms with E-state index < -0.39 is 0 Å². The van der Waals surface area contributed by atoms with Crippen LogP contribution in [0.1, 0.15) is 37.6 Å². The first kappa shape index (κ1) is 19.7. The lowest BCUT2D eigenvalue weighted by molar-refractivity contribution is 0.412. The number of nitrogens with zero attached hydrogens (tertiary/aromatic N) is 1. The number of halogens is 1. The first-order valence-electron chi connectivity index (χ1n) is 10.2. The molecule has 156 valence electrons. The fourth-order valence-electron chi connectivity index (χ4n) is 4.52. The third-order valence-electron chi connectivity index (χ3n) is 5.59. The second-order valence-electron chi connectivity index (χ2n) is 8.41. The van der Waals surface area contributed by atoms with E-state index in [1.165, 1.54) is 5.57 Å². The van der Waals surface area contributed by atoms with E-state index in [0.717, 1.165) is 50.9 Å². The van der Waals surface area contributed by atoms with Crippen molar-refractivity contribution in [3.05, 3.63) is 76.6 Å². The van der Waals surface area contributed by atoms with Crippen LogP contribution in [0.5, 0.6) is 11.5 Å². The topological polar surface area (TPSA) is 43.4 Å². The molecule has 0 unspecified atom stereocenters. The van der Waals surface area contributed by atoms with Crippen LogP contribution in [0.25, 0.3) is 28.5 Å². The van der Waals surface area contributed by atoms with Crippen molar-refractivity contribution >= 4 is 34.7 Å². The van der Waals surface area contributed by atoms with Crippen LogP contribution in [0.15, 0.2) is 54.6 Å². The standard InChI is InChI=1S/C26H23ClN2O2/c1-15-14-26(2,3)29-18-12-11-17-24-19(30-4)8-6-9-20(24)31-21(25(17)23(15)18)13-16-7-5-10-22(27)28-16/h5-14,29H,1-4H3/b21-13-. The molecule has 0 saturated heterocycles. The average molecular weight is 431 g/mol. The quantitative estimate of drug-likeness (QED) is 0.448. The number of hydrogen-bond donors (Lipinski definition) is 1. The molecule has 5 rings (SSSR count). The van der Waals surface area contributed by atoms with Gasteiger partial charge in [0.15, 0.2) is 0 Å². The molecule has 31 heavy (non-hydrogen) atoms. The number of benzene rings is 2. The van der Waals surface area contributed by atoms with Gasteiger partial charge < -0.3 is 14.8 Å². The van der Waals surface area contributed by atoms with Crippen molar-refractivity contribution in [3.63, 3.8) is 0 Å². The largest absolute Gasteiger partial charge is 0.496 e. The second kappa shape index (κ2) is 7.17. The maximum Gasteiger partial charge on any atom is 0.139 e. The summed E-state index contributed by atoms with van der Waals surface area (Å²) in [5, 5.41) is 4.08. The molecule has 3 heterocycles. The van der Waals surface area contributed by atoms with Gasteiger partial charge >= 0.3 is 0 Å². The third kappa shape index (κ3) is 3.37. The number of pyridine rings is 1. The Balaban J connectivity index is 1.82. The number of aromatic nitrogens is 1. The number of rotatable bonds is 2. The van der Waals surface area contributed by atoms with E-state index >= 15 is 0 Å². The Morgan fingerprint density at radius 1 is 1.03 bits per heavy atom. The minimum absolute atomic E-state index is 0.130. The van der Waals surface area contributed by atoms with Gasteiger partial charge in [0.05, 0.1) is 23.9 Å². The van der Waals surface area contributed by atoms with Crippen LogP contribution in [0, 0.1) is 0 Å². The summed E-state index contributed by atoms with van der Waals surface area (Å²) in [6.07, 6.45) is 4.20. The van der Waals surface area contributed by atoms with Crippen LogP contribution in [0.2, 0.25) is 5.15 Å². The number of nitrogens with one attached hydrogen (secondary N) is 1. The van der Waals surface area contributed by atoms with Gasteiger partial charge in [0.1, 0.15) is 22.4 Å². The van der Waals surface area contributed by atoms with E-state index in [2.05, 4.69) is 49.3 Å². The number of hydrogen-bond acceptors (Lipinski definition) is 4. The van der Waals surface area contributed by atoms with Crippen LogP contribution in [-0.2, 0) is 0 Å². The zero-order valence-corrected chi connectivity index (χ0v) is 18.7. The minimum atomic E-state index is -0.130. The second-order valence-corrected chi connectivity index (χ2v) is 8.80. The molecule has 0 fully saturated rings. The maximum atomic E-state index is 6.45. The van der Waals surface area contributed by atoms with Crippen LogP contribution in [-0.4, -0.2) is 17.6 Å². The third-order valence-corrected chi connectivity index (χ3v) is 5.80. The van der Waals surface area contributed by atoms with E-state index in [0.29, 0.717) is 5.15 Å². The molecule has 2 aromatic carbocycles. The van der Waals surface area contributed by atoms with Gasteiger partial charge in [-0.1, -0.05) is 35.9 Å². The minimum Gasteiger partial charge on any atom is -0.496 e. The smallest absolute Gasteiger partial charge is 0.139 e. The molecule has 0 amide bonds. The molecule has 0 aliphatic carbocycles. The Morgan fingerprint density at radius 3 is 2.61 bits per heavy atom. The van der Waals surface area contributed by atoms with Crippen molar-refractivity contribution in [1.29, 1.82) is 0 Å². The first-order valence-corrected chi connectivity index (χ1v) is 10.6. The van der Waals surface area contributed by atoms with Crippen molar-refractivity contribution in [3.8, 4) is 22.6 Å². The van der Waals surface area contributed by atoms with Gasteiger partial charge in [-0.15, -0.1) is 0 Å². The molecule has 3 aromatic rings. The summed E-state index contributed by atoms with van der Waals surface area (Å²) in [6.45, 7) is 6.48. The summed E-state index contributed by atoms with van der Waals surface area (Å²) in [5.74, 6) is 2.27. The predicted octanol–water partition coefficient (Wildman–Crippen LogP) is 6.91. The van der Waals surface area contributed by atoms with Crippen molar-refractivity contribution in [2.75, 3.05) is 12.4 Å². The van der Waals surface area contributed by atoms with E-state index in [9.17, 15) is 0 Å².